The number of aromatic nitrogens is 1. The van der Waals surface area contributed by atoms with Crippen molar-refractivity contribution in [3.63, 3.8) is 0 Å². The predicted molar refractivity (Wildman–Crippen MR) is 79.8 cm³/mol. The standard InChI is InChI=1S/C16H17F3N2O2/c1-3-23-14(22)15(20,16(17,18)19)9-12-6-5-11-8-10(2)4-7-13(11)21-12/h4-8H,3,9,20H2,1-2H3/t15-/m0/s1. The fourth-order valence-electron chi connectivity index (χ4n) is 2.22. The fourth-order valence-corrected chi connectivity index (χ4v) is 2.22. The van der Waals surface area contributed by atoms with Crippen LogP contribution in [-0.2, 0) is 16.0 Å². The number of aryl methyl sites for hydroxylation is 1. The lowest BCUT2D eigenvalue weighted by molar-refractivity contribution is -0.205. The van der Waals surface area contributed by atoms with Crippen LogP contribution in [0.2, 0.25) is 0 Å². The molecule has 1 aromatic heterocycles. The number of alkyl halides is 3. The second-order valence-electron chi connectivity index (χ2n) is 5.37. The molecule has 0 saturated carbocycles. The van der Waals surface area contributed by atoms with Crippen LogP contribution < -0.4 is 5.73 Å². The van der Waals surface area contributed by atoms with Gasteiger partial charge >= 0.3 is 12.1 Å². The highest BCUT2D eigenvalue weighted by Gasteiger charge is 2.59. The number of pyridine rings is 1. The van der Waals surface area contributed by atoms with E-state index in [9.17, 15) is 18.0 Å². The molecule has 23 heavy (non-hydrogen) atoms. The van der Waals surface area contributed by atoms with Gasteiger partial charge in [-0.25, -0.2) is 4.79 Å². The summed E-state index contributed by atoms with van der Waals surface area (Å²) < 4.78 is 44.3. The number of nitrogens with zero attached hydrogens (tertiary/aromatic N) is 1. The van der Waals surface area contributed by atoms with E-state index in [4.69, 9.17) is 5.73 Å². The van der Waals surface area contributed by atoms with Crippen molar-refractivity contribution in [3.05, 3.63) is 41.6 Å². The van der Waals surface area contributed by atoms with E-state index in [0.717, 1.165) is 10.9 Å². The summed E-state index contributed by atoms with van der Waals surface area (Å²) in [6, 6.07) is 8.49. The number of nitrogens with two attached hydrogens (primary N) is 1. The second-order valence-corrected chi connectivity index (χ2v) is 5.37. The normalized spacial score (nSPS) is 14.5. The lowest BCUT2D eigenvalue weighted by Gasteiger charge is -2.29. The van der Waals surface area contributed by atoms with Crippen LogP contribution in [0, 0.1) is 6.92 Å². The van der Waals surface area contributed by atoms with Gasteiger partial charge in [0.05, 0.1) is 12.1 Å². The Balaban J connectivity index is 2.40. The fraction of sp³-hybridized carbons (Fsp3) is 0.375. The number of carbonyl (C=O) groups excluding carboxylic acids is 1. The molecular formula is C16H17F3N2O2. The molecule has 7 heteroatoms. The van der Waals surface area contributed by atoms with E-state index in [1.54, 1.807) is 12.1 Å². The maximum atomic E-state index is 13.3. The molecule has 1 aromatic carbocycles. The molecule has 2 rings (SSSR count). The highest BCUT2D eigenvalue weighted by Crippen LogP contribution is 2.32. The maximum Gasteiger partial charge on any atom is 0.417 e. The topological polar surface area (TPSA) is 65.2 Å². The van der Waals surface area contributed by atoms with Gasteiger partial charge in [0, 0.05) is 17.5 Å². The summed E-state index contributed by atoms with van der Waals surface area (Å²) in [6.07, 6.45) is -5.72. The lowest BCUT2D eigenvalue weighted by Crippen LogP contribution is -2.61. The first-order valence-electron chi connectivity index (χ1n) is 7.06. The number of hydrogen-bond acceptors (Lipinski definition) is 4. The minimum atomic E-state index is -4.94. The van der Waals surface area contributed by atoms with Crippen LogP contribution in [-0.4, -0.2) is 29.3 Å². The molecule has 0 aliphatic rings. The molecule has 1 atom stereocenters. The Labute approximate surface area is 131 Å². The van der Waals surface area contributed by atoms with Crippen molar-refractivity contribution in [2.75, 3.05) is 6.61 Å². The first-order valence-corrected chi connectivity index (χ1v) is 7.06. The zero-order valence-corrected chi connectivity index (χ0v) is 12.8. The summed E-state index contributed by atoms with van der Waals surface area (Å²) >= 11 is 0. The minimum absolute atomic E-state index is 0.0780. The summed E-state index contributed by atoms with van der Waals surface area (Å²) in [5, 5.41) is 0.805. The summed E-state index contributed by atoms with van der Waals surface area (Å²) in [5.74, 6) is -1.50. The van der Waals surface area contributed by atoms with Crippen LogP contribution in [0.15, 0.2) is 30.3 Å². The quantitative estimate of drug-likeness (QED) is 0.878. The van der Waals surface area contributed by atoms with Gasteiger partial charge in [-0.3, -0.25) is 4.98 Å². The number of halogens is 3. The van der Waals surface area contributed by atoms with Gasteiger partial charge in [0.15, 0.2) is 0 Å². The molecule has 0 amide bonds. The van der Waals surface area contributed by atoms with Crippen LogP contribution in [0.1, 0.15) is 18.2 Å². The molecule has 1 heterocycles. The Kier molecular flexibility index (Phi) is 4.61. The van der Waals surface area contributed by atoms with Crippen molar-refractivity contribution >= 4 is 16.9 Å². The van der Waals surface area contributed by atoms with E-state index < -0.39 is 24.1 Å². The SMILES string of the molecule is CCOC(=O)[C@@](N)(Cc1ccc2cc(C)ccc2n1)C(F)(F)F. The lowest BCUT2D eigenvalue weighted by atomic mass is 9.93. The van der Waals surface area contributed by atoms with Crippen LogP contribution in [0.5, 0.6) is 0 Å². The van der Waals surface area contributed by atoms with E-state index in [-0.39, 0.29) is 12.3 Å². The van der Waals surface area contributed by atoms with E-state index in [2.05, 4.69) is 9.72 Å². The Hall–Kier alpha value is -2.15. The van der Waals surface area contributed by atoms with Gasteiger partial charge in [-0.1, -0.05) is 17.7 Å². The van der Waals surface area contributed by atoms with Gasteiger partial charge in [0.2, 0.25) is 5.54 Å². The van der Waals surface area contributed by atoms with Crippen LogP contribution >= 0.6 is 0 Å². The minimum Gasteiger partial charge on any atom is -0.464 e. The Morgan fingerprint density at radius 2 is 1.96 bits per heavy atom. The average Bonchev–Trinajstić information content (AvgIpc) is 2.46. The summed E-state index contributed by atoms with van der Waals surface area (Å²) in [7, 11) is 0. The van der Waals surface area contributed by atoms with Crippen molar-refractivity contribution in [3.8, 4) is 0 Å². The molecule has 0 unspecified atom stereocenters. The number of carbonyl (C=O) groups is 1. The largest absolute Gasteiger partial charge is 0.464 e. The first-order chi connectivity index (χ1) is 10.7. The van der Waals surface area contributed by atoms with Gasteiger partial charge in [0.1, 0.15) is 0 Å². The molecule has 0 spiro atoms. The van der Waals surface area contributed by atoms with Gasteiger partial charge in [-0.05, 0) is 32.0 Å². The third-order valence-corrected chi connectivity index (χ3v) is 3.51. The molecule has 0 fully saturated rings. The van der Waals surface area contributed by atoms with Gasteiger partial charge < -0.3 is 10.5 Å². The number of esters is 1. The molecule has 4 nitrogen and oxygen atoms in total. The molecule has 0 bridgehead atoms. The third kappa shape index (κ3) is 3.44. The molecule has 2 N–H and O–H groups in total. The van der Waals surface area contributed by atoms with E-state index >= 15 is 0 Å². The zero-order chi connectivity index (χ0) is 17.3. The van der Waals surface area contributed by atoms with E-state index in [1.165, 1.54) is 13.0 Å². The zero-order valence-electron chi connectivity index (χ0n) is 12.8. The number of fused-ring (bicyclic) bond motifs is 1. The maximum absolute atomic E-state index is 13.3. The van der Waals surface area contributed by atoms with Crippen molar-refractivity contribution in [2.24, 2.45) is 5.73 Å². The van der Waals surface area contributed by atoms with Gasteiger partial charge in [0.25, 0.3) is 0 Å². The van der Waals surface area contributed by atoms with Crippen LogP contribution in [0.4, 0.5) is 13.2 Å². The summed E-state index contributed by atoms with van der Waals surface area (Å²) in [6.45, 7) is 3.15. The Bertz CT molecular complexity index is 731. The monoisotopic (exact) mass is 326 g/mol. The Morgan fingerprint density at radius 3 is 2.57 bits per heavy atom. The predicted octanol–water partition coefficient (Wildman–Crippen LogP) is 2.91. The van der Waals surface area contributed by atoms with Crippen molar-refractivity contribution in [1.29, 1.82) is 0 Å². The molecule has 124 valence electrons. The van der Waals surface area contributed by atoms with Crippen LogP contribution in [0.3, 0.4) is 0 Å². The molecular weight excluding hydrogens is 309 g/mol. The van der Waals surface area contributed by atoms with Gasteiger partial charge in [-0.2, -0.15) is 13.2 Å². The molecule has 0 aliphatic carbocycles. The number of hydrogen-bond donors (Lipinski definition) is 1. The summed E-state index contributed by atoms with van der Waals surface area (Å²) in [4.78, 5) is 15.9. The second kappa shape index (κ2) is 6.16. The molecule has 0 saturated heterocycles. The first kappa shape index (κ1) is 17.2. The number of rotatable bonds is 4. The van der Waals surface area contributed by atoms with E-state index in [1.807, 2.05) is 19.1 Å². The highest BCUT2D eigenvalue weighted by atomic mass is 19.4. The highest BCUT2D eigenvalue weighted by molar-refractivity contribution is 5.83. The molecule has 0 aliphatic heterocycles. The van der Waals surface area contributed by atoms with Crippen molar-refractivity contribution in [1.82, 2.24) is 4.98 Å². The molecule has 2 aromatic rings. The molecule has 0 radical (unpaired) electrons. The van der Waals surface area contributed by atoms with Gasteiger partial charge in [-0.15, -0.1) is 0 Å². The van der Waals surface area contributed by atoms with Crippen LogP contribution in [0.25, 0.3) is 10.9 Å². The summed E-state index contributed by atoms with van der Waals surface area (Å²) in [5.41, 5.74) is 3.89. The number of benzene rings is 1. The van der Waals surface area contributed by atoms with Crippen molar-refractivity contribution in [2.45, 2.75) is 32.0 Å². The van der Waals surface area contributed by atoms with Crippen molar-refractivity contribution < 1.29 is 22.7 Å². The third-order valence-electron chi connectivity index (χ3n) is 3.51. The average molecular weight is 326 g/mol. The van der Waals surface area contributed by atoms with E-state index in [0.29, 0.717) is 5.52 Å². The Morgan fingerprint density at radius 1 is 1.26 bits per heavy atom. The number of ether oxygens (including phenoxy) is 1. The smallest absolute Gasteiger partial charge is 0.417 e.